The molecular formula is C28H30FN5O3. The van der Waals surface area contributed by atoms with Crippen molar-refractivity contribution in [3.05, 3.63) is 84.2 Å². The van der Waals surface area contributed by atoms with Crippen LogP contribution in [0.4, 0.5) is 10.1 Å². The number of hydrogen-bond acceptors (Lipinski definition) is 5. The molecule has 0 fully saturated rings. The fourth-order valence-electron chi connectivity index (χ4n) is 4.06. The van der Waals surface area contributed by atoms with Gasteiger partial charge < -0.3 is 10.1 Å². The van der Waals surface area contributed by atoms with E-state index in [-0.39, 0.29) is 12.5 Å². The van der Waals surface area contributed by atoms with Crippen molar-refractivity contribution in [1.82, 2.24) is 20.3 Å². The van der Waals surface area contributed by atoms with Crippen LogP contribution in [0.2, 0.25) is 0 Å². The molecule has 4 aromatic rings. The van der Waals surface area contributed by atoms with Gasteiger partial charge in [0.05, 0.1) is 12.6 Å². The zero-order chi connectivity index (χ0) is 26.4. The lowest BCUT2D eigenvalue weighted by Crippen LogP contribution is -2.45. The van der Waals surface area contributed by atoms with E-state index in [1.807, 2.05) is 24.3 Å². The average molecular weight is 504 g/mol. The molecule has 0 aliphatic heterocycles. The van der Waals surface area contributed by atoms with Crippen molar-refractivity contribution in [2.75, 3.05) is 18.6 Å². The van der Waals surface area contributed by atoms with Crippen LogP contribution in [-0.4, -0.2) is 40.5 Å². The zero-order valence-electron chi connectivity index (χ0n) is 21.1. The summed E-state index contributed by atoms with van der Waals surface area (Å²) in [5.41, 5.74) is 2.32. The van der Waals surface area contributed by atoms with Crippen LogP contribution in [-0.2, 0) is 16.1 Å². The summed E-state index contributed by atoms with van der Waals surface area (Å²) in [5.74, 6) is -0.165. The topological polar surface area (TPSA) is 89.4 Å². The van der Waals surface area contributed by atoms with Crippen LogP contribution in [0.3, 0.4) is 0 Å². The van der Waals surface area contributed by atoms with E-state index < -0.39 is 17.8 Å². The van der Waals surface area contributed by atoms with Gasteiger partial charge in [-0.15, -0.1) is 5.10 Å². The van der Waals surface area contributed by atoms with Crippen LogP contribution in [0.25, 0.3) is 11.0 Å². The SMILES string of the molecule is COc1ccc(C(C(=O)NCCC(C)C)N(C(=O)Cn2nnc3ccccc32)c2ccc(F)cc2)cc1. The lowest BCUT2D eigenvalue weighted by Gasteiger charge is -2.31. The minimum atomic E-state index is -1.01. The van der Waals surface area contributed by atoms with Gasteiger partial charge in [0.25, 0.3) is 0 Å². The highest BCUT2D eigenvalue weighted by molar-refractivity contribution is 6.01. The molecule has 1 N–H and O–H groups in total. The fraction of sp³-hybridized carbons (Fsp3) is 0.286. The number of anilines is 1. The second-order valence-electron chi connectivity index (χ2n) is 9.13. The number of nitrogens with one attached hydrogen (secondary N) is 1. The van der Waals surface area contributed by atoms with Gasteiger partial charge in [0, 0.05) is 12.2 Å². The molecule has 8 nitrogen and oxygen atoms in total. The maximum absolute atomic E-state index is 13.9. The molecule has 0 aliphatic rings. The van der Waals surface area contributed by atoms with Crippen LogP contribution in [0.15, 0.2) is 72.8 Å². The summed E-state index contributed by atoms with van der Waals surface area (Å²) in [6, 6.07) is 18.8. The normalized spacial score (nSPS) is 11.9. The summed E-state index contributed by atoms with van der Waals surface area (Å²) < 4.78 is 20.6. The van der Waals surface area contributed by atoms with Crippen molar-refractivity contribution in [3.63, 3.8) is 0 Å². The molecule has 4 rings (SSSR count). The molecule has 0 aliphatic carbocycles. The third-order valence-corrected chi connectivity index (χ3v) is 6.04. The first-order chi connectivity index (χ1) is 17.9. The van der Waals surface area contributed by atoms with Gasteiger partial charge in [-0.1, -0.05) is 43.3 Å². The Bertz CT molecular complexity index is 1350. The number of nitrogens with zero attached hydrogens (tertiary/aromatic N) is 4. The molecule has 0 saturated carbocycles. The Balaban J connectivity index is 1.76. The molecule has 37 heavy (non-hydrogen) atoms. The Morgan fingerprint density at radius 3 is 2.41 bits per heavy atom. The number of ether oxygens (including phenoxy) is 1. The summed E-state index contributed by atoms with van der Waals surface area (Å²) >= 11 is 0. The summed E-state index contributed by atoms with van der Waals surface area (Å²) in [6.07, 6.45) is 0.788. The largest absolute Gasteiger partial charge is 0.497 e. The highest BCUT2D eigenvalue weighted by atomic mass is 19.1. The molecule has 1 aromatic heterocycles. The summed E-state index contributed by atoms with van der Waals surface area (Å²) in [6.45, 7) is 4.44. The predicted molar refractivity (Wildman–Crippen MR) is 140 cm³/mol. The average Bonchev–Trinajstić information content (AvgIpc) is 3.30. The number of carbonyl (C=O) groups excluding carboxylic acids is 2. The number of aromatic nitrogens is 3. The monoisotopic (exact) mass is 503 g/mol. The fourth-order valence-corrected chi connectivity index (χ4v) is 4.06. The molecular weight excluding hydrogens is 473 g/mol. The molecule has 1 atom stereocenters. The van der Waals surface area contributed by atoms with Gasteiger partial charge in [-0.2, -0.15) is 0 Å². The van der Waals surface area contributed by atoms with E-state index >= 15 is 0 Å². The first-order valence-electron chi connectivity index (χ1n) is 12.1. The van der Waals surface area contributed by atoms with Crippen LogP contribution >= 0.6 is 0 Å². The van der Waals surface area contributed by atoms with E-state index in [0.717, 1.165) is 6.42 Å². The lowest BCUT2D eigenvalue weighted by molar-refractivity contribution is -0.127. The number of amides is 2. The smallest absolute Gasteiger partial charge is 0.249 e. The number of carbonyl (C=O) groups is 2. The summed E-state index contributed by atoms with van der Waals surface area (Å²) in [7, 11) is 1.56. The van der Waals surface area contributed by atoms with Crippen molar-refractivity contribution in [1.29, 1.82) is 0 Å². The molecule has 9 heteroatoms. The molecule has 0 radical (unpaired) electrons. The van der Waals surface area contributed by atoms with Crippen molar-refractivity contribution in [2.45, 2.75) is 32.9 Å². The number of para-hydroxylation sites is 1. The highest BCUT2D eigenvalue weighted by Gasteiger charge is 2.33. The van der Waals surface area contributed by atoms with E-state index in [1.165, 1.54) is 33.8 Å². The Hall–Kier alpha value is -4.27. The quantitative estimate of drug-likeness (QED) is 0.344. The van der Waals surface area contributed by atoms with Gasteiger partial charge in [-0.25, -0.2) is 9.07 Å². The lowest BCUT2D eigenvalue weighted by atomic mass is 10.0. The first-order valence-corrected chi connectivity index (χ1v) is 12.1. The molecule has 1 unspecified atom stereocenters. The van der Waals surface area contributed by atoms with E-state index in [2.05, 4.69) is 29.5 Å². The zero-order valence-corrected chi connectivity index (χ0v) is 21.1. The van der Waals surface area contributed by atoms with Crippen molar-refractivity contribution in [3.8, 4) is 5.75 Å². The third kappa shape index (κ3) is 6.11. The Labute approximate surface area is 215 Å². The van der Waals surface area contributed by atoms with Crippen LogP contribution < -0.4 is 15.0 Å². The Morgan fingerprint density at radius 1 is 1.03 bits per heavy atom. The van der Waals surface area contributed by atoms with Crippen LogP contribution in [0, 0.1) is 11.7 Å². The Kier molecular flexibility index (Phi) is 8.12. The maximum atomic E-state index is 13.9. The third-order valence-electron chi connectivity index (χ3n) is 6.04. The van der Waals surface area contributed by atoms with Gasteiger partial charge >= 0.3 is 0 Å². The minimum absolute atomic E-state index is 0.163. The van der Waals surface area contributed by atoms with E-state index in [0.29, 0.717) is 40.5 Å². The molecule has 0 spiro atoms. The maximum Gasteiger partial charge on any atom is 0.249 e. The standard InChI is InChI=1S/C28H30FN5O3/c1-19(2)16-17-30-28(36)27(20-8-14-23(37-3)15-9-20)34(22-12-10-21(29)11-13-22)26(35)18-33-25-7-5-4-6-24(25)31-32-33/h4-15,19,27H,16-18H2,1-3H3,(H,30,36). The summed E-state index contributed by atoms with van der Waals surface area (Å²) in [4.78, 5) is 28.9. The number of hydrogen-bond donors (Lipinski definition) is 1. The highest BCUT2D eigenvalue weighted by Crippen LogP contribution is 2.30. The second kappa shape index (κ2) is 11.6. The van der Waals surface area contributed by atoms with Gasteiger partial charge in [-0.3, -0.25) is 14.5 Å². The van der Waals surface area contributed by atoms with Gasteiger partial charge in [-0.05, 0) is 66.4 Å². The minimum Gasteiger partial charge on any atom is -0.497 e. The first kappa shape index (κ1) is 25.8. The van der Waals surface area contributed by atoms with Crippen molar-refractivity contribution in [2.24, 2.45) is 5.92 Å². The van der Waals surface area contributed by atoms with E-state index in [4.69, 9.17) is 4.74 Å². The molecule has 0 saturated heterocycles. The molecule has 1 heterocycles. The van der Waals surface area contributed by atoms with Gasteiger partial charge in [0.2, 0.25) is 11.8 Å². The summed E-state index contributed by atoms with van der Waals surface area (Å²) in [5, 5.41) is 11.2. The van der Waals surface area contributed by atoms with Gasteiger partial charge in [0.1, 0.15) is 29.7 Å². The van der Waals surface area contributed by atoms with Gasteiger partial charge in [0.15, 0.2) is 0 Å². The number of benzene rings is 3. The molecule has 3 aromatic carbocycles. The number of halogens is 1. The van der Waals surface area contributed by atoms with Crippen molar-refractivity contribution >= 4 is 28.5 Å². The number of fused-ring (bicyclic) bond motifs is 1. The number of methoxy groups -OCH3 is 1. The molecule has 0 bridgehead atoms. The molecule has 2 amide bonds. The Morgan fingerprint density at radius 2 is 1.73 bits per heavy atom. The predicted octanol–water partition coefficient (Wildman–Crippen LogP) is 4.52. The van der Waals surface area contributed by atoms with Crippen LogP contribution in [0.5, 0.6) is 5.75 Å². The molecule has 192 valence electrons. The second-order valence-corrected chi connectivity index (χ2v) is 9.13. The van der Waals surface area contributed by atoms with E-state index in [1.54, 1.807) is 31.4 Å². The van der Waals surface area contributed by atoms with E-state index in [9.17, 15) is 14.0 Å². The van der Waals surface area contributed by atoms with Crippen molar-refractivity contribution < 1.29 is 18.7 Å². The number of rotatable bonds is 10. The van der Waals surface area contributed by atoms with Crippen LogP contribution in [0.1, 0.15) is 31.9 Å².